The molecule has 1 N–H and O–H groups in total. The van der Waals surface area contributed by atoms with Gasteiger partial charge in [-0.2, -0.15) is 0 Å². The molecule has 3 fully saturated rings. The highest BCUT2D eigenvalue weighted by Gasteiger charge is 2.75. The van der Waals surface area contributed by atoms with Gasteiger partial charge in [-0.25, -0.2) is 0 Å². The smallest absolute Gasteiger partial charge is 0.254 e. The monoisotopic (exact) mass is 668 g/mol. The molecule has 1 aromatic carbocycles. The van der Waals surface area contributed by atoms with Crippen molar-refractivity contribution >= 4 is 68.8 Å². The largest absolute Gasteiger partial charge is 0.502 e. The van der Waals surface area contributed by atoms with Crippen molar-refractivity contribution in [3.8, 4) is 17.2 Å². The van der Waals surface area contributed by atoms with Gasteiger partial charge >= 0.3 is 0 Å². The number of phenolic OH excluding ortho intramolecular Hbond substituents is 1. The predicted octanol–water partition coefficient (Wildman–Crippen LogP) is 4.46. The minimum atomic E-state index is -1.88. The second-order valence-corrected chi connectivity index (χ2v) is 13.6. The molecule has 12 heteroatoms. The van der Waals surface area contributed by atoms with Crippen molar-refractivity contribution in [1.82, 2.24) is 9.80 Å². The fraction of sp³-hybridized carbons (Fsp3) is 0.517. The van der Waals surface area contributed by atoms with E-state index >= 15 is 0 Å². The Morgan fingerprint density at radius 2 is 1.66 bits per heavy atom. The number of alkyl halides is 3. The van der Waals surface area contributed by atoms with Crippen molar-refractivity contribution in [2.45, 2.75) is 48.9 Å². The van der Waals surface area contributed by atoms with Gasteiger partial charge in [0.15, 0.2) is 21.2 Å². The molecule has 2 aliphatic carbocycles. The van der Waals surface area contributed by atoms with Gasteiger partial charge in [-0.15, -0.1) is 23.2 Å². The van der Waals surface area contributed by atoms with Crippen LogP contribution >= 0.6 is 39.1 Å². The summed E-state index contributed by atoms with van der Waals surface area (Å²) in [6.07, 6.45) is 5.49. The maximum Gasteiger partial charge on any atom is 0.254 e. The average Bonchev–Trinajstić information content (AvgIpc) is 3.26. The molecule has 0 bridgehead atoms. The van der Waals surface area contributed by atoms with Gasteiger partial charge in [0.05, 0.1) is 31.5 Å². The van der Waals surface area contributed by atoms with Gasteiger partial charge < -0.3 is 14.6 Å². The van der Waals surface area contributed by atoms with Crippen molar-refractivity contribution in [3.63, 3.8) is 0 Å². The minimum absolute atomic E-state index is 0.0681. The van der Waals surface area contributed by atoms with Crippen LogP contribution in [0, 0.1) is 23.7 Å². The van der Waals surface area contributed by atoms with Crippen LogP contribution in [0.25, 0.3) is 6.08 Å². The summed E-state index contributed by atoms with van der Waals surface area (Å²) in [6.45, 7) is 5.42. The van der Waals surface area contributed by atoms with Crippen molar-refractivity contribution < 1.29 is 33.8 Å². The maximum absolute atomic E-state index is 13.8. The van der Waals surface area contributed by atoms with Gasteiger partial charge in [0, 0.05) is 11.5 Å². The predicted molar refractivity (Wildman–Crippen MR) is 156 cm³/mol. The normalized spacial score (nSPS) is 33.2. The van der Waals surface area contributed by atoms with E-state index in [0.717, 1.165) is 4.90 Å². The molecule has 4 aliphatic rings. The Hall–Kier alpha value is -2.56. The summed E-state index contributed by atoms with van der Waals surface area (Å²) in [6, 6.07) is 3.17. The Kier molecular flexibility index (Phi) is 7.31. The summed E-state index contributed by atoms with van der Waals surface area (Å²) < 4.78 is 10.5. The summed E-state index contributed by atoms with van der Waals surface area (Å²) in [5.74, 6) is -4.47. The maximum atomic E-state index is 13.8. The number of likely N-dealkylation sites (tertiary alicyclic amines) is 2. The number of carbonyl (C=O) groups is 4. The van der Waals surface area contributed by atoms with Crippen LogP contribution in [0.4, 0.5) is 0 Å². The van der Waals surface area contributed by atoms with Crippen LogP contribution in [0.15, 0.2) is 29.9 Å². The third kappa shape index (κ3) is 4.07. The van der Waals surface area contributed by atoms with Crippen LogP contribution < -0.4 is 9.47 Å². The Morgan fingerprint density at radius 3 is 2.20 bits per heavy atom. The molecule has 220 valence electrons. The molecule has 0 spiro atoms. The zero-order valence-corrected chi connectivity index (χ0v) is 26.3. The Bertz CT molecular complexity index is 1400. The summed E-state index contributed by atoms with van der Waals surface area (Å²) >= 11 is 17.6. The Labute approximate surface area is 256 Å². The highest BCUT2D eigenvalue weighted by molar-refractivity contribution is 9.09. The molecular weight excluding hydrogens is 639 g/mol. The topological polar surface area (TPSA) is 113 Å². The van der Waals surface area contributed by atoms with Crippen LogP contribution in [-0.2, 0) is 19.2 Å². The van der Waals surface area contributed by atoms with Crippen LogP contribution in [0.2, 0.25) is 0 Å². The fourth-order valence-electron chi connectivity index (χ4n) is 6.88. The molecule has 1 saturated carbocycles. The van der Waals surface area contributed by atoms with Crippen LogP contribution in [0.1, 0.15) is 39.2 Å². The highest BCUT2D eigenvalue weighted by Crippen LogP contribution is 2.63. The number of imide groups is 2. The van der Waals surface area contributed by atoms with Crippen molar-refractivity contribution in [3.05, 3.63) is 35.4 Å². The van der Waals surface area contributed by atoms with Crippen molar-refractivity contribution in [1.29, 1.82) is 0 Å². The van der Waals surface area contributed by atoms with E-state index in [1.165, 1.54) is 19.1 Å². The lowest BCUT2D eigenvalue weighted by Crippen LogP contribution is -2.60. The lowest BCUT2D eigenvalue weighted by molar-refractivity contribution is -0.146. The number of ether oxygens (including phenoxy) is 2. The number of aromatic hydroxyl groups is 1. The molecule has 0 radical (unpaired) electrons. The number of benzene rings is 1. The lowest BCUT2D eigenvalue weighted by atomic mass is 9.57. The lowest BCUT2D eigenvalue weighted by Gasteiger charge is -2.49. The minimum Gasteiger partial charge on any atom is -0.502 e. The van der Waals surface area contributed by atoms with Crippen LogP contribution in [-0.4, -0.2) is 73.5 Å². The zero-order valence-electron chi connectivity index (χ0n) is 23.2. The Morgan fingerprint density at radius 1 is 1.05 bits per heavy atom. The van der Waals surface area contributed by atoms with Crippen LogP contribution in [0.5, 0.6) is 17.2 Å². The molecule has 41 heavy (non-hydrogen) atoms. The number of hydrogen-bond acceptors (Lipinski definition) is 7. The van der Waals surface area contributed by atoms with Gasteiger partial charge in [0.2, 0.25) is 17.6 Å². The number of halogens is 3. The molecule has 0 aromatic heterocycles. The van der Waals surface area contributed by atoms with E-state index in [4.69, 9.17) is 32.7 Å². The van der Waals surface area contributed by atoms with Gasteiger partial charge in [-0.3, -0.25) is 29.0 Å². The molecule has 1 aromatic rings. The molecular formula is C29H31BrCl2N2O7. The van der Waals surface area contributed by atoms with E-state index in [1.807, 2.05) is 6.08 Å². The van der Waals surface area contributed by atoms with E-state index in [-0.39, 0.29) is 40.9 Å². The first-order valence-corrected chi connectivity index (χ1v) is 15.1. The number of allylic oxidation sites excluding steroid dienone is 3. The van der Waals surface area contributed by atoms with E-state index in [1.54, 1.807) is 45.1 Å². The molecule has 2 aliphatic heterocycles. The zero-order chi connectivity index (χ0) is 30.2. The van der Waals surface area contributed by atoms with Gasteiger partial charge in [-0.05, 0) is 57.2 Å². The number of methoxy groups -OCH3 is 2. The first kappa shape index (κ1) is 29.9. The summed E-state index contributed by atoms with van der Waals surface area (Å²) in [4.78, 5) is 53.2. The standard InChI is InChI=1S/C29H31BrCl2N2O7/c1-27(2,3)34-23(36)16-8-7-15-17(21(16)24(34)37)12-28(31)25(38)33(13-30)26(39)29(28,32)18(15)9-6-14-10-19(40-4)22(35)20(11-14)41-5/h6-7,9-11,16-18,21,35H,8,12-13H2,1-5H3/t16-,17+,18-,21-,28+,29-/m0/s1. The van der Waals surface area contributed by atoms with E-state index in [0.29, 0.717) is 17.6 Å². The second kappa shape index (κ2) is 10.0. The summed E-state index contributed by atoms with van der Waals surface area (Å²) in [5, 5.41) is 10.3. The number of amides is 4. The molecule has 4 amide bonds. The Balaban J connectivity index is 1.66. The third-order valence-corrected chi connectivity index (χ3v) is 10.7. The van der Waals surface area contributed by atoms with E-state index < -0.39 is 50.8 Å². The molecule has 2 saturated heterocycles. The van der Waals surface area contributed by atoms with Crippen molar-refractivity contribution in [2.75, 3.05) is 19.7 Å². The number of rotatable bonds is 5. The van der Waals surface area contributed by atoms with E-state index in [2.05, 4.69) is 15.9 Å². The van der Waals surface area contributed by atoms with Crippen LogP contribution in [0.3, 0.4) is 0 Å². The third-order valence-electron chi connectivity index (χ3n) is 8.73. The van der Waals surface area contributed by atoms with Crippen molar-refractivity contribution in [2.24, 2.45) is 23.7 Å². The molecule has 2 heterocycles. The SMILES string of the molecule is COc1cc(C=C[C@H]2C3=CC[C@@H]4C(=O)N(C(C)(C)C)C(=O)[C@@H]4[C@@H]3C[C@@]3(Cl)C(=O)N(CBr)C(=O)[C@@]23Cl)cc(OC)c1O. The second-order valence-electron chi connectivity index (χ2n) is 11.8. The number of hydrogen-bond donors (Lipinski definition) is 1. The number of fused-ring (bicyclic) bond motifs is 4. The number of carbonyl (C=O) groups excluding carboxylic acids is 4. The van der Waals surface area contributed by atoms with E-state index in [9.17, 15) is 24.3 Å². The summed E-state index contributed by atoms with van der Waals surface area (Å²) in [5.41, 5.74) is 0.438. The summed E-state index contributed by atoms with van der Waals surface area (Å²) in [7, 11) is 2.82. The van der Waals surface area contributed by atoms with Gasteiger partial charge in [-0.1, -0.05) is 39.7 Å². The molecule has 5 rings (SSSR count). The highest BCUT2D eigenvalue weighted by atomic mass is 79.9. The quantitative estimate of drug-likeness (QED) is 0.213. The fourth-order valence-corrected chi connectivity index (χ4v) is 8.26. The molecule has 0 unspecified atom stereocenters. The molecule has 9 nitrogen and oxygen atoms in total. The average molecular weight is 670 g/mol. The number of phenols is 1. The van der Waals surface area contributed by atoms with Gasteiger partial charge in [0.1, 0.15) is 0 Å². The first-order chi connectivity index (χ1) is 19.2. The van der Waals surface area contributed by atoms with Gasteiger partial charge in [0.25, 0.3) is 11.8 Å². The molecule has 6 atom stereocenters. The first-order valence-electron chi connectivity index (χ1n) is 13.2. The number of nitrogens with zero attached hydrogens (tertiary/aromatic N) is 2.